The van der Waals surface area contributed by atoms with E-state index in [1.807, 2.05) is 0 Å². The van der Waals surface area contributed by atoms with Crippen LogP contribution < -0.4 is 10.7 Å². The van der Waals surface area contributed by atoms with Crippen molar-refractivity contribution in [3.8, 4) is 0 Å². The predicted molar refractivity (Wildman–Crippen MR) is 96.7 cm³/mol. The summed E-state index contributed by atoms with van der Waals surface area (Å²) in [6, 6.07) is 9.42. The van der Waals surface area contributed by atoms with Crippen LogP contribution in [-0.2, 0) is 11.0 Å². The van der Waals surface area contributed by atoms with Gasteiger partial charge >= 0.3 is 6.18 Å². The van der Waals surface area contributed by atoms with Gasteiger partial charge in [-0.15, -0.1) is 0 Å². The monoisotopic (exact) mass is 403 g/mol. The summed E-state index contributed by atoms with van der Waals surface area (Å²) in [6.07, 6.45) is -4.45. The summed E-state index contributed by atoms with van der Waals surface area (Å²) in [7, 11) is 0. The topological polar surface area (TPSA) is 53.5 Å². The smallest absolute Gasteiger partial charge is 0.376 e. The lowest BCUT2D eigenvalue weighted by Gasteiger charge is -2.10. The highest BCUT2D eigenvalue weighted by molar-refractivity contribution is 6.37. The molecule has 0 aromatic heterocycles. The average molecular weight is 404 g/mol. The molecule has 4 nitrogen and oxygen atoms in total. The maximum Gasteiger partial charge on any atom is 0.416 e. The van der Waals surface area contributed by atoms with Crippen molar-refractivity contribution in [1.82, 2.24) is 5.43 Å². The molecule has 0 saturated carbocycles. The minimum Gasteiger partial charge on any atom is -0.376 e. The number of hydrogen-bond donors (Lipinski definition) is 2. The molecule has 0 saturated heterocycles. The highest BCUT2D eigenvalue weighted by Gasteiger charge is 2.30. The van der Waals surface area contributed by atoms with Crippen LogP contribution >= 0.6 is 23.2 Å². The van der Waals surface area contributed by atoms with Crippen LogP contribution in [0, 0.1) is 0 Å². The molecule has 2 aromatic rings. The van der Waals surface area contributed by atoms with Crippen molar-refractivity contribution in [1.29, 1.82) is 0 Å². The van der Waals surface area contributed by atoms with Crippen LogP contribution in [0.15, 0.2) is 47.6 Å². The fourth-order valence-electron chi connectivity index (χ4n) is 2.02. The number of rotatable bonds is 5. The predicted octanol–water partition coefficient (Wildman–Crippen LogP) is 4.96. The molecule has 2 aromatic carbocycles. The molecule has 2 rings (SSSR count). The number of carbonyl (C=O) groups excluding carboxylic acids is 1. The van der Waals surface area contributed by atoms with Gasteiger partial charge in [-0.2, -0.15) is 18.3 Å². The minimum absolute atomic E-state index is 0.177. The number of carbonyl (C=O) groups is 1. The Morgan fingerprint density at radius 1 is 1.15 bits per heavy atom. The zero-order valence-electron chi connectivity index (χ0n) is 13.5. The SMILES string of the molecule is C/C(=N/NC(=O)CNc1cccc(C(F)(F)F)c1)c1ccc(Cl)cc1Cl. The van der Waals surface area contributed by atoms with Gasteiger partial charge in [0.1, 0.15) is 0 Å². The molecule has 0 aliphatic carbocycles. The molecule has 2 N–H and O–H groups in total. The van der Waals surface area contributed by atoms with Crippen molar-refractivity contribution in [2.24, 2.45) is 5.10 Å². The van der Waals surface area contributed by atoms with E-state index < -0.39 is 17.6 Å². The van der Waals surface area contributed by atoms with Gasteiger partial charge < -0.3 is 5.32 Å². The Labute approximate surface area is 158 Å². The zero-order chi connectivity index (χ0) is 19.3. The van der Waals surface area contributed by atoms with Crippen LogP contribution in [-0.4, -0.2) is 18.2 Å². The Morgan fingerprint density at radius 2 is 1.88 bits per heavy atom. The second-order valence-electron chi connectivity index (χ2n) is 5.29. The summed E-state index contributed by atoms with van der Waals surface area (Å²) >= 11 is 11.9. The summed E-state index contributed by atoms with van der Waals surface area (Å²) in [5.41, 5.74) is 2.75. The van der Waals surface area contributed by atoms with Crippen molar-refractivity contribution >= 4 is 40.5 Å². The summed E-state index contributed by atoms with van der Waals surface area (Å²) in [4.78, 5) is 11.8. The zero-order valence-corrected chi connectivity index (χ0v) is 15.0. The minimum atomic E-state index is -4.45. The van der Waals surface area contributed by atoms with Crippen molar-refractivity contribution in [3.63, 3.8) is 0 Å². The molecule has 0 aliphatic rings. The maximum absolute atomic E-state index is 12.7. The van der Waals surface area contributed by atoms with Gasteiger partial charge in [0.15, 0.2) is 0 Å². The van der Waals surface area contributed by atoms with Crippen LogP contribution in [0.1, 0.15) is 18.1 Å². The largest absolute Gasteiger partial charge is 0.416 e. The van der Waals surface area contributed by atoms with E-state index >= 15 is 0 Å². The molecule has 0 heterocycles. The van der Waals surface area contributed by atoms with Gasteiger partial charge in [-0.3, -0.25) is 4.79 Å². The first-order valence-corrected chi connectivity index (χ1v) is 8.12. The second kappa shape index (κ2) is 8.42. The summed E-state index contributed by atoms with van der Waals surface area (Å²) in [5, 5.41) is 7.40. The number of hydrogen-bond acceptors (Lipinski definition) is 3. The van der Waals surface area contributed by atoms with Crippen LogP contribution in [0.2, 0.25) is 10.0 Å². The fourth-order valence-corrected chi connectivity index (χ4v) is 2.56. The van der Waals surface area contributed by atoms with E-state index in [0.717, 1.165) is 12.1 Å². The molecule has 9 heteroatoms. The van der Waals surface area contributed by atoms with E-state index in [4.69, 9.17) is 23.2 Å². The summed E-state index contributed by atoms with van der Waals surface area (Å²) in [5.74, 6) is -0.521. The third-order valence-electron chi connectivity index (χ3n) is 3.31. The quantitative estimate of drug-likeness (QED) is 0.547. The Balaban J connectivity index is 1.95. The molecular formula is C17H14Cl2F3N3O. The molecule has 0 atom stereocenters. The summed E-state index contributed by atoms with van der Waals surface area (Å²) in [6.45, 7) is 1.40. The van der Waals surface area contributed by atoms with E-state index in [2.05, 4.69) is 15.8 Å². The maximum atomic E-state index is 12.7. The van der Waals surface area contributed by atoms with Crippen molar-refractivity contribution in [2.75, 3.05) is 11.9 Å². The molecular weight excluding hydrogens is 390 g/mol. The number of hydrazone groups is 1. The van der Waals surface area contributed by atoms with E-state index in [1.54, 1.807) is 25.1 Å². The molecule has 0 aliphatic heterocycles. The van der Waals surface area contributed by atoms with Crippen LogP contribution in [0.3, 0.4) is 0 Å². The molecule has 26 heavy (non-hydrogen) atoms. The van der Waals surface area contributed by atoms with Crippen LogP contribution in [0.4, 0.5) is 18.9 Å². The first-order chi connectivity index (χ1) is 12.2. The fraction of sp³-hybridized carbons (Fsp3) is 0.176. The van der Waals surface area contributed by atoms with Gasteiger partial charge in [-0.05, 0) is 37.3 Å². The number of alkyl halides is 3. The van der Waals surface area contributed by atoms with E-state index in [1.165, 1.54) is 12.1 Å². The van der Waals surface area contributed by atoms with Gasteiger partial charge in [-0.25, -0.2) is 5.43 Å². The highest BCUT2D eigenvalue weighted by atomic mass is 35.5. The van der Waals surface area contributed by atoms with Crippen molar-refractivity contribution < 1.29 is 18.0 Å². The summed E-state index contributed by atoms with van der Waals surface area (Å²) < 4.78 is 38.0. The van der Waals surface area contributed by atoms with Crippen LogP contribution in [0.25, 0.3) is 0 Å². The average Bonchev–Trinajstić information content (AvgIpc) is 2.57. The number of nitrogens with one attached hydrogen (secondary N) is 2. The Kier molecular flexibility index (Phi) is 6.50. The number of nitrogens with zero attached hydrogens (tertiary/aromatic N) is 1. The lowest BCUT2D eigenvalue weighted by molar-refractivity contribution is -0.137. The number of anilines is 1. The van der Waals surface area contributed by atoms with Gasteiger partial charge in [0.05, 0.1) is 22.8 Å². The number of amides is 1. The number of halogens is 5. The molecule has 0 bridgehead atoms. The van der Waals surface area contributed by atoms with Crippen molar-refractivity contribution in [3.05, 3.63) is 63.6 Å². The van der Waals surface area contributed by atoms with E-state index in [0.29, 0.717) is 21.3 Å². The lowest BCUT2D eigenvalue weighted by Crippen LogP contribution is -2.26. The lowest BCUT2D eigenvalue weighted by atomic mass is 10.1. The standard InChI is InChI=1S/C17H14Cl2F3N3O/c1-10(14-6-5-12(18)8-15(14)19)24-25-16(26)9-23-13-4-2-3-11(7-13)17(20,21)22/h2-8,23H,9H2,1H3,(H,25,26)/b24-10-. The Morgan fingerprint density at radius 3 is 2.54 bits per heavy atom. The molecule has 0 unspecified atom stereocenters. The van der Waals surface area contributed by atoms with E-state index in [9.17, 15) is 18.0 Å². The number of benzene rings is 2. The highest BCUT2D eigenvalue weighted by Crippen LogP contribution is 2.30. The van der Waals surface area contributed by atoms with Gasteiger partial charge in [0.25, 0.3) is 5.91 Å². The molecule has 138 valence electrons. The van der Waals surface area contributed by atoms with E-state index in [-0.39, 0.29) is 12.2 Å². The second-order valence-corrected chi connectivity index (χ2v) is 6.13. The van der Waals surface area contributed by atoms with Gasteiger partial charge in [-0.1, -0.05) is 35.3 Å². The van der Waals surface area contributed by atoms with Gasteiger partial charge in [0.2, 0.25) is 0 Å². The molecule has 0 radical (unpaired) electrons. The first kappa shape index (κ1) is 20.1. The first-order valence-electron chi connectivity index (χ1n) is 7.36. The third kappa shape index (κ3) is 5.64. The Bertz CT molecular complexity index is 838. The van der Waals surface area contributed by atoms with Crippen molar-refractivity contribution in [2.45, 2.75) is 13.1 Å². The molecule has 0 spiro atoms. The third-order valence-corrected chi connectivity index (χ3v) is 3.86. The molecule has 1 amide bonds. The van der Waals surface area contributed by atoms with Gasteiger partial charge in [0, 0.05) is 16.3 Å². The normalized spacial score (nSPS) is 12.0. The molecule has 0 fully saturated rings. The Hall–Kier alpha value is -2.25. The van der Waals surface area contributed by atoms with Crippen LogP contribution in [0.5, 0.6) is 0 Å².